The van der Waals surface area contributed by atoms with E-state index in [4.69, 9.17) is 4.74 Å². The molecule has 0 atom stereocenters. The highest BCUT2D eigenvalue weighted by Crippen LogP contribution is 2.25. The minimum absolute atomic E-state index is 0.0810. The van der Waals surface area contributed by atoms with Crippen LogP contribution >= 0.6 is 0 Å². The first-order valence-electron chi connectivity index (χ1n) is 9.92. The van der Waals surface area contributed by atoms with Gasteiger partial charge >= 0.3 is 0 Å². The van der Waals surface area contributed by atoms with Crippen LogP contribution in [0.25, 0.3) is 0 Å². The molecular weight excluding hydrogens is 428 g/mol. The fourth-order valence-electron chi connectivity index (χ4n) is 3.08. The SMILES string of the molecule is COc1ccc(NS(=O)(=O)c2ccc(C(C)(C)C)cc2)nc1C/C(=N/O)c1cccnc1. The third-order valence-corrected chi connectivity index (χ3v) is 6.24. The third kappa shape index (κ3) is 5.42. The highest BCUT2D eigenvalue weighted by atomic mass is 32.2. The Kier molecular flexibility index (Phi) is 6.78. The van der Waals surface area contributed by atoms with Crippen molar-refractivity contribution in [2.24, 2.45) is 5.16 Å². The predicted octanol–water partition coefficient (Wildman–Crippen LogP) is 4.00. The second-order valence-electron chi connectivity index (χ2n) is 8.19. The summed E-state index contributed by atoms with van der Waals surface area (Å²) in [7, 11) is -2.35. The Morgan fingerprint density at radius 2 is 1.84 bits per heavy atom. The van der Waals surface area contributed by atoms with E-state index in [1.54, 1.807) is 54.9 Å². The minimum Gasteiger partial charge on any atom is -0.495 e. The highest BCUT2D eigenvalue weighted by Gasteiger charge is 2.19. The van der Waals surface area contributed by atoms with Crippen molar-refractivity contribution in [2.45, 2.75) is 37.5 Å². The number of benzene rings is 1. The molecule has 0 saturated carbocycles. The summed E-state index contributed by atoms with van der Waals surface area (Å²) in [6.07, 6.45) is 3.29. The highest BCUT2D eigenvalue weighted by molar-refractivity contribution is 7.92. The van der Waals surface area contributed by atoms with Gasteiger partial charge in [0.25, 0.3) is 10.0 Å². The third-order valence-electron chi connectivity index (χ3n) is 4.87. The zero-order chi connectivity index (χ0) is 23.4. The van der Waals surface area contributed by atoms with Gasteiger partial charge in [-0.1, -0.05) is 38.1 Å². The summed E-state index contributed by atoms with van der Waals surface area (Å²) in [5.41, 5.74) is 2.30. The Hall–Kier alpha value is -3.46. The average molecular weight is 455 g/mol. The summed E-state index contributed by atoms with van der Waals surface area (Å²) < 4.78 is 33.6. The van der Waals surface area contributed by atoms with Crippen LogP contribution < -0.4 is 9.46 Å². The molecule has 3 rings (SSSR count). The Morgan fingerprint density at radius 1 is 1.12 bits per heavy atom. The number of aromatic nitrogens is 2. The Bertz CT molecular complexity index is 1200. The van der Waals surface area contributed by atoms with E-state index in [2.05, 4.69) is 40.6 Å². The van der Waals surface area contributed by atoms with Crippen molar-refractivity contribution < 1.29 is 18.4 Å². The number of rotatable bonds is 7. The summed E-state index contributed by atoms with van der Waals surface area (Å²) in [4.78, 5) is 8.56. The van der Waals surface area contributed by atoms with Crippen molar-refractivity contribution in [3.8, 4) is 5.75 Å². The molecule has 2 N–H and O–H groups in total. The smallest absolute Gasteiger partial charge is 0.263 e. The maximum absolute atomic E-state index is 12.9. The van der Waals surface area contributed by atoms with Crippen LogP contribution in [0.4, 0.5) is 5.82 Å². The maximum Gasteiger partial charge on any atom is 0.263 e. The van der Waals surface area contributed by atoms with Gasteiger partial charge in [0.2, 0.25) is 0 Å². The van der Waals surface area contributed by atoms with Crippen LogP contribution in [0.15, 0.2) is 71.0 Å². The fourth-order valence-corrected chi connectivity index (χ4v) is 4.08. The van der Waals surface area contributed by atoms with Gasteiger partial charge in [-0.2, -0.15) is 0 Å². The van der Waals surface area contributed by atoms with Crippen LogP contribution in [0.3, 0.4) is 0 Å². The molecule has 0 aliphatic heterocycles. The zero-order valence-corrected chi connectivity index (χ0v) is 19.2. The topological polar surface area (TPSA) is 114 Å². The van der Waals surface area contributed by atoms with Gasteiger partial charge < -0.3 is 9.94 Å². The summed E-state index contributed by atoms with van der Waals surface area (Å²) in [6, 6.07) is 13.4. The van der Waals surface area contributed by atoms with E-state index < -0.39 is 10.0 Å². The monoisotopic (exact) mass is 454 g/mol. The first-order valence-corrected chi connectivity index (χ1v) is 11.4. The molecule has 0 aliphatic carbocycles. The molecule has 2 aromatic heterocycles. The summed E-state index contributed by atoms with van der Waals surface area (Å²) in [5, 5.41) is 12.8. The lowest BCUT2D eigenvalue weighted by atomic mass is 9.87. The quantitative estimate of drug-likeness (QED) is 0.317. The van der Waals surface area contributed by atoms with Crippen molar-refractivity contribution in [3.63, 3.8) is 0 Å². The molecule has 2 heterocycles. The molecule has 0 radical (unpaired) electrons. The predicted molar refractivity (Wildman–Crippen MR) is 123 cm³/mol. The Balaban J connectivity index is 1.87. The fraction of sp³-hybridized carbons (Fsp3) is 0.261. The van der Waals surface area contributed by atoms with Gasteiger partial charge in [-0.3, -0.25) is 9.71 Å². The number of nitrogens with one attached hydrogen (secondary N) is 1. The van der Waals surface area contributed by atoms with E-state index in [0.29, 0.717) is 22.7 Å². The van der Waals surface area contributed by atoms with Crippen molar-refractivity contribution in [3.05, 3.63) is 77.7 Å². The van der Waals surface area contributed by atoms with Crippen LogP contribution in [-0.4, -0.2) is 36.4 Å². The summed E-state index contributed by atoms with van der Waals surface area (Å²) in [6.45, 7) is 6.19. The van der Waals surface area contributed by atoms with Crippen molar-refractivity contribution in [2.75, 3.05) is 11.8 Å². The zero-order valence-electron chi connectivity index (χ0n) is 18.4. The van der Waals surface area contributed by atoms with Crippen molar-refractivity contribution in [1.82, 2.24) is 9.97 Å². The van der Waals surface area contributed by atoms with Gasteiger partial charge in [-0.25, -0.2) is 13.4 Å². The number of pyridine rings is 2. The summed E-state index contributed by atoms with van der Waals surface area (Å²) >= 11 is 0. The lowest BCUT2D eigenvalue weighted by molar-refractivity contribution is 0.318. The number of methoxy groups -OCH3 is 1. The maximum atomic E-state index is 12.9. The van der Waals surface area contributed by atoms with Crippen LogP contribution in [-0.2, 0) is 21.9 Å². The molecule has 0 bridgehead atoms. The Morgan fingerprint density at radius 3 is 2.41 bits per heavy atom. The van der Waals surface area contributed by atoms with E-state index in [1.165, 1.54) is 13.2 Å². The van der Waals surface area contributed by atoms with Gasteiger partial charge in [-0.15, -0.1) is 0 Å². The van der Waals surface area contributed by atoms with Gasteiger partial charge in [0.1, 0.15) is 11.6 Å². The van der Waals surface area contributed by atoms with E-state index in [0.717, 1.165) is 5.56 Å². The molecule has 0 fully saturated rings. The van der Waals surface area contributed by atoms with Crippen LogP contribution in [0.5, 0.6) is 5.75 Å². The van der Waals surface area contributed by atoms with Gasteiger partial charge in [0, 0.05) is 24.4 Å². The van der Waals surface area contributed by atoms with Crippen LogP contribution in [0.1, 0.15) is 37.6 Å². The number of sulfonamides is 1. The van der Waals surface area contributed by atoms with Crippen LogP contribution in [0, 0.1) is 0 Å². The molecule has 9 heteroatoms. The molecule has 0 amide bonds. The van der Waals surface area contributed by atoms with E-state index in [-0.39, 0.29) is 22.5 Å². The van der Waals surface area contributed by atoms with Gasteiger partial charge in [0.15, 0.2) is 0 Å². The largest absolute Gasteiger partial charge is 0.495 e. The molecular formula is C23H26N4O4S. The lowest BCUT2D eigenvalue weighted by Gasteiger charge is -2.19. The first kappa shape index (κ1) is 23.2. The van der Waals surface area contributed by atoms with E-state index >= 15 is 0 Å². The number of hydrogen-bond donors (Lipinski definition) is 2. The minimum atomic E-state index is -3.84. The first-order chi connectivity index (χ1) is 15.1. The van der Waals surface area contributed by atoms with Gasteiger partial charge in [0.05, 0.1) is 23.4 Å². The van der Waals surface area contributed by atoms with Crippen LogP contribution in [0.2, 0.25) is 0 Å². The lowest BCUT2D eigenvalue weighted by Crippen LogP contribution is -2.16. The second-order valence-corrected chi connectivity index (χ2v) is 9.87. The van der Waals surface area contributed by atoms with Crippen molar-refractivity contribution >= 4 is 21.6 Å². The number of nitrogens with zero attached hydrogens (tertiary/aromatic N) is 3. The molecule has 3 aromatic rings. The standard InChI is InChI=1S/C23H26N4O4S/c1-23(2,3)17-7-9-18(10-8-17)32(29,30)27-22-12-11-21(31-4)20(25-22)14-19(26-28)16-6-5-13-24-15-16/h5-13,15,28H,14H2,1-4H3,(H,25,27)/b26-19-. The van der Waals surface area contributed by atoms with Gasteiger partial charge in [-0.05, 0) is 47.4 Å². The normalized spacial score (nSPS) is 12.4. The average Bonchev–Trinajstić information content (AvgIpc) is 2.77. The molecule has 1 aromatic carbocycles. The van der Waals surface area contributed by atoms with E-state index in [9.17, 15) is 13.6 Å². The molecule has 0 aliphatic rings. The molecule has 0 saturated heterocycles. The molecule has 8 nitrogen and oxygen atoms in total. The Labute approximate surface area is 188 Å². The summed E-state index contributed by atoms with van der Waals surface area (Å²) in [5.74, 6) is 0.566. The number of ether oxygens (including phenoxy) is 1. The molecule has 32 heavy (non-hydrogen) atoms. The molecule has 168 valence electrons. The van der Waals surface area contributed by atoms with Crippen molar-refractivity contribution in [1.29, 1.82) is 0 Å². The van der Waals surface area contributed by atoms with E-state index in [1.807, 2.05) is 0 Å². The molecule has 0 spiro atoms. The second kappa shape index (κ2) is 9.35. The number of oxime groups is 1. The number of anilines is 1. The number of hydrogen-bond acceptors (Lipinski definition) is 7. The molecule has 0 unspecified atom stereocenters.